The van der Waals surface area contributed by atoms with Gasteiger partial charge in [0.1, 0.15) is 0 Å². The topological polar surface area (TPSA) is 33.3 Å². The van der Waals surface area contributed by atoms with Crippen LogP contribution >= 0.6 is 0 Å². The zero-order valence-electron chi connectivity index (χ0n) is 15.4. The van der Waals surface area contributed by atoms with E-state index in [0.717, 1.165) is 38.1 Å². The molecule has 0 aliphatic heterocycles. The van der Waals surface area contributed by atoms with Gasteiger partial charge in [-0.2, -0.15) is 0 Å². The number of hydrogen-bond acceptors (Lipinski definition) is 3. The summed E-state index contributed by atoms with van der Waals surface area (Å²) in [5.41, 5.74) is 0. The summed E-state index contributed by atoms with van der Waals surface area (Å²) in [6.45, 7) is 17.5. The molecule has 2 unspecified atom stereocenters. The third-order valence-electron chi connectivity index (χ3n) is 3.89. The Morgan fingerprint density at radius 2 is 1.00 bits per heavy atom. The predicted octanol–water partition coefficient (Wildman–Crippen LogP) is 3.83. The molecule has 0 fully saturated rings. The fraction of sp³-hybridized carbons (Fsp3) is 1.00. The summed E-state index contributed by atoms with van der Waals surface area (Å²) in [6, 6.07) is 1.19. The van der Waals surface area contributed by atoms with Crippen molar-refractivity contribution >= 4 is 0 Å². The van der Waals surface area contributed by atoms with Gasteiger partial charge in [0.2, 0.25) is 0 Å². The van der Waals surface area contributed by atoms with E-state index >= 15 is 0 Å². The maximum Gasteiger partial charge on any atom is 0.0468 e. The van der Waals surface area contributed by atoms with Crippen LogP contribution in [0.4, 0.5) is 0 Å². The summed E-state index contributed by atoms with van der Waals surface area (Å²) in [5.74, 6) is 1.51. The second-order valence-electron chi connectivity index (χ2n) is 7.20. The monoisotopic (exact) mass is 300 g/mol. The fourth-order valence-electron chi connectivity index (χ4n) is 2.20. The highest BCUT2D eigenvalue weighted by Crippen LogP contribution is 2.09. The molecule has 128 valence electrons. The molecule has 0 aromatic carbocycles. The van der Waals surface area contributed by atoms with Crippen molar-refractivity contribution in [3.05, 3.63) is 0 Å². The molecule has 2 N–H and O–H groups in total. The maximum absolute atomic E-state index is 5.79. The molecule has 21 heavy (non-hydrogen) atoms. The van der Waals surface area contributed by atoms with E-state index in [1.165, 1.54) is 25.7 Å². The normalized spacial score (nSPS) is 14.9. The van der Waals surface area contributed by atoms with E-state index in [1.807, 2.05) is 0 Å². The summed E-state index contributed by atoms with van der Waals surface area (Å²) in [7, 11) is 0. The van der Waals surface area contributed by atoms with Gasteiger partial charge in [0.25, 0.3) is 0 Å². The van der Waals surface area contributed by atoms with Crippen molar-refractivity contribution in [2.24, 2.45) is 11.8 Å². The van der Waals surface area contributed by atoms with Gasteiger partial charge in [-0.25, -0.2) is 0 Å². The molecule has 0 aromatic rings. The van der Waals surface area contributed by atoms with Crippen LogP contribution in [0.25, 0.3) is 0 Å². The Morgan fingerprint density at radius 3 is 1.33 bits per heavy atom. The molecule has 0 radical (unpaired) electrons. The van der Waals surface area contributed by atoms with Gasteiger partial charge >= 0.3 is 0 Å². The van der Waals surface area contributed by atoms with Crippen LogP contribution in [-0.4, -0.2) is 38.4 Å². The molecule has 0 aromatic heterocycles. The van der Waals surface area contributed by atoms with E-state index in [0.29, 0.717) is 12.1 Å². The van der Waals surface area contributed by atoms with Crippen LogP contribution in [-0.2, 0) is 4.74 Å². The Hall–Kier alpha value is -0.120. The van der Waals surface area contributed by atoms with Crippen molar-refractivity contribution in [3.63, 3.8) is 0 Å². The Morgan fingerprint density at radius 1 is 0.619 bits per heavy atom. The van der Waals surface area contributed by atoms with E-state index in [1.54, 1.807) is 0 Å². The molecule has 0 amide bonds. The lowest BCUT2D eigenvalue weighted by Gasteiger charge is -2.15. The summed E-state index contributed by atoms with van der Waals surface area (Å²) in [4.78, 5) is 0. The second kappa shape index (κ2) is 13.5. The summed E-state index contributed by atoms with van der Waals surface area (Å²) >= 11 is 0. The Kier molecular flexibility index (Phi) is 13.5. The lowest BCUT2D eigenvalue weighted by molar-refractivity contribution is 0.109. The van der Waals surface area contributed by atoms with E-state index in [9.17, 15) is 0 Å². The molecule has 0 rings (SSSR count). The minimum atomic E-state index is 0.597. The molecule has 0 heterocycles. The summed E-state index contributed by atoms with van der Waals surface area (Å²) in [6.07, 6.45) is 4.86. The van der Waals surface area contributed by atoms with E-state index in [4.69, 9.17) is 4.74 Å². The highest BCUT2D eigenvalue weighted by molar-refractivity contribution is 4.60. The van der Waals surface area contributed by atoms with Crippen LogP contribution in [0.1, 0.15) is 67.2 Å². The first kappa shape index (κ1) is 20.9. The summed E-state index contributed by atoms with van der Waals surface area (Å²) in [5, 5.41) is 6.95. The molecule has 0 aliphatic rings. The van der Waals surface area contributed by atoms with Gasteiger partial charge in [-0.1, -0.05) is 41.5 Å². The van der Waals surface area contributed by atoms with Gasteiger partial charge in [0.05, 0.1) is 0 Å². The molecule has 0 saturated carbocycles. The van der Waals surface area contributed by atoms with Gasteiger partial charge < -0.3 is 15.4 Å². The third-order valence-corrected chi connectivity index (χ3v) is 3.89. The number of hydrogen-bond donors (Lipinski definition) is 2. The highest BCUT2D eigenvalue weighted by atomic mass is 16.5. The van der Waals surface area contributed by atoms with Crippen molar-refractivity contribution in [1.29, 1.82) is 0 Å². The SMILES string of the molecule is CC(CCNC(C)C)CCOCCC(C)CCNC(C)C. The Balaban J connectivity index is 3.34. The molecule has 0 spiro atoms. The molecule has 2 atom stereocenters. The first-order valence-corrected chi connectivity index (χ1v) is 8.96. The van der Waals surface area contributed by atoms with E-state index in [-0.39, 0.29) is 0 Å². The number of nitrogens with one attached hydrogen (secondary N) is 2. The quantitative estimate of drug-likeness (QED) is 0.478. The average molecular weight is 301 g/mol. The molecular formula is C18H40N2O. The van der Waals surface area contributed by atoms with Crippen molar-refractivity contribution in [1.82, 2.24) is 10.6 Å². The zero-order valence-corrected chi connectivity index (χ0v) is 15.4. The maximum atomic E-state index is 5.79. The lowest BCUT2D eigenvalue weighted by Crippen LogP contribution is -2.25. The lowest BCUT2D eigenvalue weighted by atomic mass is 10.0. The van der Waals surface area contributed by atoms with Gasteiger partial charge in [-0.3, -0.25) is 0 Å². The average Bonchev–Trinajstić information content (AvgIpc) is 2.37. The van der Waals surface area contributed by atoms with Crippen LogP contribution < -0.4 is 10.6 Å². The van der Waals surface area contributed by atoms with Crippen LogP contribution in [0.15, 0.2) is 0 Å². The van der Waals surface area contributed by atoms with Crippen LogP contribution in [0.2, 0.25) is 0 Å². The standard InChI is InChI=1S/C18H40N2O/c1-15(2)19-11-7-17(5)9-13-21-14-10-18(6)8-12-20-16(3)4/h15-20H,7-14H2,1-6H3. The van der Waals surface area contributed by atoms with Crippen molar-refractivity contribution in [2.45, 2.75) is 79.3 Å². The van der Waals surface area contributed by atoms with Crippen molar-refractivity contribution in [3.8, 4) is 0 Å². The molecular weight excluding hydrogens is 260 g/mol. The van der Waals surface area contributed by atoms with Gasteiger partial charge in [0, 0.05) is 25.3 Å². The highest BCUT2D eigenvalue weighted by Gasteiger charge is 2.05. The summed E-state index contributed by atoms with van der Waals surface area (Å²) < 4.78 is 5.79. The number of ether oxygens (including phenoxy) is 1. The third kappa shape index (κ3) is 16.1. The smallest absolute Gasteiger partial charge is 0.0468 e. The van der Waals surface area contributed by atoms with Gasteiger partial charge in [0.15, 0.2) is 0 Å². The molecule has 0 saturated heterocycles. The van der Waals surface area contributed by atoms with Gasteiger partial charge in [-0.05, 0) is 50.6 Å². The minimum absolute atomic E-state index is 0.597. The number of rotatable bonds is 14. The molecule has 0 aliphatic carbocycles. The molecule has 3 nitrogen and oxygen atoms in total. The largest absolute Gasteiger partial charge is 0.381 e. The van der Waals surface area contributed by atoms with Crippen molar-refractivity contribution in [2.75, 3.05) is 26.3 Å². The Labute approximate surface area is 133 Å². The van der Waals surface area contributed by atoms with E-state index in [2.05, 4.69) is 52.2 Å². The predicted molar refractivity (Wildman–Crippen MR) is 93.9 cm³/mol. The molecule has 3 heteroatoms. The first-order valence-electron chi connectivity index (χ1n) is 8.96. The van der Waals surface area contributed by atoms with Crippen LogP contribution in [0.5, 0.6) is 0 Å². The van der Waals surface area contributed by atoms with Crippen LogP contribution in [0, 0.1) is 11.8 Å². The second-order valence-corrected chi connectivity index (χ2v) is 7.20. The minimum Gasteiger partial charge on any atom is -0.381 e. The fourth-order valence-corrected chi connectivity index (χ4v) is 2.20. The van der Waals surface area contributed by atoms with Crippen molar-refractivity contribution < 1.29 is 4.74 Å². The first-order chi connectivity index (χ1) is 9.91. The van der Waals surface area contributed by atoms with Gasteiger partial charge in [-0.15, -0.1) is 0 Å². The molecule has 0 bridgehead atoms. The van der Waals surface area contributed by atoms with Crippen LogP contribution in [0.3, 0.4) is 0 Å². The Bertz CT molecular complexity index is 197. The zero-order chi connectivity index (χ0) is 16.1. The van der Waals surface area contributed by atoms with E-state index < -0.39 is 0 Å².